The van der Waals surface area contributed by atoms with Gasteiger partial charge in [-0.05, 0) is 56.9 Å². The first-order valence-corrected chi connectivity index (χ1v) is 14.6. The maximum absolute atomic E-state index is 13.7. The van der Waals surface area contributed by atoms with E-state index >= 15 is 0 Å². The van der Waals surface area contributed by atoms with Crippen molar-refractivity contribution in [3.8, 4) is 0 Å². The molecule has 236 valence electrons. The average Bonchev–Trinajstić information content (AvgIpc) is 3.63. The molecule has 0 spiro atoms. The van der Waals surface area contributed by atoms with Crippen LogP contribution in [-0.2, 0) is 20.8 Å². The summed E-state index contributed by atoms with van der Waals surface area (Å²) in [6, 6.07) is 13.8. The van der Waals surface area contributed by atoms with Crippen LogP contribution in [0.5, 0.6) is 0 Å². The number of oxazole rings is 1. The number of hydrogen-bond donors (Lipinski definition) is 6. The Bertz CT molecular complexity index is 1650. The molecule has 0 saturated carbocycles. The van der Waals surface area contributed by atoms with Crippen LogP contribution in [0.15, 0.2) is 65.2 Å². The normalized spacial score (nSPS) is 19.3. The summed E-state index contributed by atoms with van der Waals surface area (Å²) < 4.78 is 5.72. The number of aromatic nitrogens is 2. The quantitative estimate of drug-likeness (QED) is 0.188. The zero-order valence-electron chi connectivity index (χ0n) is 25.0. The van der Waals surface area contributed by atoms with Crippen molar-refractivity contribution >= 4 is 41.0 Å². The summed E-state index contributed by atoms with van der Waals surface area (Å²) in [6.07, 6.45) is 3.43. The number of nitrogens with zero attached hydrogens (tertiary/aromatic N) is 1. The van der Waals surface area contributed by atoms with Gasteiger partial charge in [-0.3, -0.25) is 24.0 Å². The summed E-state index contributed by atoms with van der Waals surface area (Å²) in [6.45, 7) is 3.45. The summed E-state index contributed by atoms with van der Waals surface area (Å²) in [5.74, 6) is -1.17. The lowest BCUT2D eigenvalue weighted by atomic mass is 10.0. The lowest BCUT2D eigenvalue weighted by Crippen LogP contribution is -2.54. The van der Waals surface area contributed by atoms with E-state index < -0.39 is 29.9 Å². The number of benzene rings is 2. The molecule has 4 aromatic rings. The molecule has 2 aromatic carbocycles. The molecule has 2 bridgehead atoms. The molecule has 1 aliphatic rings. The lowest BCUT2D eigenvalue weighted by Gasteiger charge is -2.24. The van der Waals surface area contributed by atoms with E-state index in [1.165, 1.54) is 0 Å². The Morgan fingerprint density at radius 2 is 1.76 bits per heavy atom. The zero-order valence-corrected chi connectivity index (χ0v) is 25.0. The van der Waals surface area contributed by atoms with Crippen LogP contribution in [0.2, 0.25) is 0 Å². The predicted octanol–water partition coefficient (Wildman–Crippen LogP) is 2.78. The Labute approximate surface area is 259 Å². The van der Waals surface area contributed by atoms with Crippen molar-refractivity contribution in [1.29, 1.82) is 0 Å². The predicted molar refractivity (Wildman–Crippen MR) is 164 cm³/mol. The molecule has 13 heteroatoms. The Morgan fingerprint density at radius 1 is 1.04 bits per heavy atom. The van der Waals surface area contributed by atoms with Gasteiger partial charge in [0, 0.05) is 35.6 Å². The lowest BCUT2D eigenvalue weighted by molar-refractivity contribution is -0.130. The summed E-state index contributed by atoms with van der Waals surface area (Å²) >= 11 is 0. The smallest absolute Gasteiger partial charge is 0.290 e. The van der Waals surface area contributed by atoms with E-state index in [4.69, 9.17) is 14.3 Å². The monoisotopic (exact) mass is 616 g/mol. The highest BCUT2D eigenvalue weighted by atomic mass is 16.4. The van der Waals surface area contributed by atoms with Crippen molar-refractivity contribution in [2.75, 3.05) is 6.54 Å². The highest BCUT2D eigenvalue weighted by Crippen LogP contribution is 2.21. The fourth-order valence-electron chi connectivity index (χ4n) is 5.05. The van der Waals surface area contributed by atoms with Gasteiger partial charge in [0.25, 0.3) is 18.3 Å². The van der Waals surface area contributed by atoms with E-state index in [1.54, 1.807) is 44.2 Å². The largest absolute Gasteiger partial charge is 0.483 e. The molecule has 0 saturated heterocycles. The van der Waals surface area contributed by atoms with Gasteiger partial charge in [-0.15, -0.1) is 0 Å². The summed E-state index contributed by atoms with van der Waals surface area (Å²) in [5.41, 5.74) is 2.35. The number of H-pyrrole nitrogens is 1. The van der Waals surface area contributed by atoms with Crippen LogP contribution in [0.3, 0.4) is 0 Å². The Balaban J connectivity index is 0.00000148. The molecule has 45 heavy (non-hydrogen) atoms. The summed E-state index contributed by atoms with van der Waals surface area (Å²) in [7, 11) is 0. The fraction of sp³-hybridized carbons (Fsp3) is 0.312. The van der Waals surface area contributed by atoms with Gasteiger partial charge in [0.2, 0.25) is 17.7 Å². The molecular formula is C32H36N6O7. The van der Waals surface area contributed by atoms with Crippen LogP contribution in [0.4, 0.5) is 0 Å². The van der Waals surface area contributed by atoms with Gasteiger partial charge >= 0.3 is 0 Å². The molecule has 0 fully saturated rings. The number of rotatable bonds is 4. The number of aryl methyl sites for hydroxylation is 1. The number of carbonyl (C=O) groups excluding carboxylic acids is 4. The van der Waals surface area contributed by atoms with Gasteiger partial charge in [0.05, 0.1) is 0 Å². The third-order valence-corrected chi connectivity index (χ3v) is 7.35. The molecule has 3 heterocycles. The topological polar surface area (TPSA) is 196 Å². The van der Waals surface area contributed by atoms with Crippen molar-refractivity contribution in [2.45, 2.75) is 57.7 Å². The molecule has 0 unspecified atom stereocenters. The molecule has 4 amide bonds. The number of hydrogen-bond acceptors (Lipinski definition) is 7. The second-order valence-electron chi connectivity index (χ2n) is 10.6. The first-order valence-electron chi connectivity index (χ1n) is 14.6. The van der Waals surface area contributed by atoms with Gasteiger partial charge in [0.1, 0.15) is 23.9 Å². The number of amides is 4. The Morgan fingerprint density at radius 3 is 2.51 bits per heavy atom. The maximum atomic E-state index is 13.7. The van der Waals surface area contributed by atoms with Crippen LogP contribution >= 0.6 is 0 Å². The average molecular weight is 617 g/mol. The number of carbonyl (C=O) groups is 5. The van der Waals surface area contributed by atoms with Crippen LogP contribution in [0, 0.1) is 6.92 Å². The highest BCUT2D eigenvalue weighted by Gasteiger charge is 2.30. The maximum Gasteiger partial charge on any atom is 0.290 e. The molecule has 2 aromatic heterocycles. The molecule has 0 aliphatic carbocycles. The Kier molecular flexibility index (Phi) is 11.0. The van der Waals surface area contributed by atoms with Crippen molar-refractivity contribution in [3.05, 3.63) is 89.3 Å². The first kappa shape index (κ1) is 32.5. The second-order valence-corrected chi connectivity index (χ2v) is 10.6. The minimum Gasteiger partial charge on any atom is -0.483 e. The van der Waals surface area contributed by atoms with Crippen LogP contribution in [-0.4, -0.2) is 63.8 Å². The van der Waals surface area contributed by atoms with Gasteiger partial charge < -0.3 is 35.8 Å². The SMILES string of the molecule is Cc1oc2nc1C(=O)NCCCC[C@H](NC(=O)c1ccccc1)C(=O)N[C@H](Cc1c[nH]c3ccccc13)C(=O)N[C@@H]2C.O=CO. The summed E-state index contributed by atoms with van der Waals surface area (Å²) in [5, 5.41) is 19.3. The van der Waals surface area contributed by atoms with Crippen molar-refractivity contribution < 1.29 is 33.5 Å². The van der Waals surface area contributed by atoms with E-state index in [2.05, 4.69) is 31.2 Å². The molecule has 13 nitrogen and oxygen atoms in total. The number of aromatic amines is 1. The standard InChI is InChI=1S/C31H34N6O5.CH2O2/c1-18-31-37-26(19(2)42-31)30(41)32-15-9-8-14-24(35-27(38)20-10-4-3-5-11-20)28(39)36-25(29(40)34-18)16-21-17-33-23-13-7-6-12-22(21)23;2-1-3/h3-7,10-13,17-18,24-25,33H,8-9,14-16H2,1-2H3,(H,32,41)(H,34,40)(H,35,38)(H,36,39);1H,(H,2,3)/t18-,24+,25-;/m1./s1. The molecule has 6 N–H and O–H groups in total. The van der Waals surface area contributed by atoms with Crippen molar-refractivity contribution in [1.82, 2.24) is 31.2 Å². The number of nitrogens with one attached hydrogen (secondary N) is 5. The molecule has 5 rings (SSSR count). The van der Waals surface area contributed by atoms with Gasteiger partial charge in [-0.2, -0.15) is 0 Å². The van der Waals surface area contributed by atoms with Crippen molar-refractivity contribution in [3.63, 3.8) is 0 Å². The zero-order chi connectivity index (χ0) is 32.3. The van der Waals surface area contributed by atoms with Gasteiger partial charge in [0.15, 0.2) is 5.69 Å². The van der Waals surface area contributed by atoms with Gasteiger partial charge in [-0.25, -0.2) is 4.98 Å². The highest BCUT2D eigenvalue weighted by molar-refractivity contribution is 5.98. The first-order chi connectivity index (χ1) is 21.7. The second kappa shape index (κ2) is 15.3. The van der Waals surface area contributed by atoms with Crippen LogP contribution in [0.1, 0.15) is 70.3 Å². The van der Waals surface area contributed by atoms with Gasteiger partial charge in [-0.1, -0.05) is 36.4 Å². The summed E-state index contributed by atoms with van der Waals surface area (Å²) in [4.78, 5) is 69.0. The minimum atomic E-state index is -0.970. The molecular weight excluding hydrogens is 580 g/mol. The van der Waals surface area contributed by atoms with E-state index in [1.807, 2.05) is 30.5 Å². The number of para-hydroxylation sites is 1. The Hall–Kier alpha value is -5.46. The van der Waals surface area contributed by atoms with Crippen LogP contribution < -0.4 is 21.3 Å². The third kappa shape index (κ3) is 8.34. The number of carboxylic acid groups (broad SMARTS) is 1. The molecule has 1 aliphatic heterocycles. The third-order valence-electron chi connectivity index (χ3n) is 7.35. The van der Waals surface area contributed by atoms with E-state index in [9.17, 15) is 19.2 Å². The molecule has 0 radical (unpaired) electrons. The fourth-order valence-corrected chi connectivity index (χ4v) is 5.05. The minimum absolute atomic E-state index is 0.162. The van der Waals surface area contributed by atoms with Crippen molar-refractivity contribution in [2.24, 2.45) is 0 Å². The molecule has 3 atom stereocenters. The van der Waals surface area contributed by atoms with E-state index in [-0.39, 0.29) is 36.3 Å². The van der Waals surface area contributed by atoms with E-state index in [0.29, 0.717) is 37.1 Å². The van der Waals surface area contributed by atoms with E-state index in [0.717, 1.165) is 16.5 Å². The number of fused-ring (bicyclic) bond motifs is 3. The van der Waals surface area contributed by atoms with Crippen LogP contribution in [0.25, 0.3) is 10.9 Å².